The van der Waals surface area contributed by atoms with Crippen LogP contribution >= 0.6 is 0 Å². The van der Waals surface area contributed by atoms with E-state index in [0.717, 1.165) is 0 Å². The Labute approximate surface area is 153 Å². The molecule has 0 radical (unpaired) electrons. The van der Waals surface area contributed by atoms with Gasteiger partial charge in [-0.05, 0) is 25.8 Å². The first-order valence-electron chi connectivity index (χ1n) is 8.42. The number of nitrogens with one attached hydrogen (secondary N) is 2. The van der Waals surface area contributed by atoms with Crippen LogP contribution in [-0.2, 0) is 6.54 Å². The lowest BCUT2D eigenvalue weighted by molar-refractivity contribution is 0.584. The van der Waals surface area contributed by atoms with Crippen LogP contribution in [0.25, 0.3) is 21.9 Å². The number of H-pyrrole nitrogens is 1. The molecule has 0 unspecified atom stereocenters. The molecule has 136 valence electrons. The maximum Gasteiger partial charge on any atom is 0.169 e. The molecule has 3 aromatic heterocycles. The van der Waals surface area contributed by atoms with Crippen LogP contribution in [0.3, 0.4) is 0 Å². The van der Waals surface area contributed by atoms with E-state index in [1.54, 1.807) is 30.8 Å². The van der Waals surface area contributed by atoms with Gasteiger partial charge in [0.05, 0.1) is 22.0 Å². The normalized spacial score (nSPS) is 11.0. The molecule has 0 amide bonds. The van der Waals surface area contributed by atoms with Crippen LogP contribution in [-0.4, -0.2) is 31.8 Å². The number of aromatic nitrogens is 5. The minimum Gasteiger partial charge on any atom is -0.373 e. The molecule has 0 saturated carbocycles. The number of nitrogens with zero attached hydrogens (tertiary/aromatic N) is 4. The fraction of sp³-hybridized carbons (Fsp3) is 0.211. The van der Waals surface area contributed by atoms with Gasteiger partial charge in [0, 0.05) is 25.9 Å². The highest BCUT2D eigenvalue weighted by atomic mass is 19.1. The summed E-state index contributed by atoms with van der Waals surface area (Å²) in [7, 11) is 1.73. The van der Waals surface area contributed by atoms with E-state index in [1.165, 1.54) is 6.07 Å². The highest BCUT2D eigenvalue weighted by Crippen LogP contribution is 2.25. The summed E-state index contributed by atoms with van der Waals surface area (Å²) >= 11 is 0. The van der Waals surface area contributed by atoms with Crippen molar-refractivity contribution in [2.75, 3.05) is 12.4 Å². The molecule has 4 aromatic rings. The van der Waals surface area contributed by atoms with Crippen molar-refractivity contribution >= 4 is 27.8 Å². The third kappa shape index (κ3) is 2.59. The van der Waals surface area contributed by atoms with Crippen molar-refractivity contribution in [3.63, 3.8) is 0 Å². The van der Waals surface area contributed by atoms with Crippen molar-refractivity contribution in [2.45, 2.75) is 20.4 Å². The quantitative estimate of drug-likeness (QED) is 0.534. The number of halogens is 2. The average Bonchev–Trinajstić information content (AvgIpc) is 3.22. The molecular formula is C19H16F2N6. The summed E-state index contributed by atoms with van der Waals surface area (Å²) in [5.74, 6) is 5.09. The predicted molar refractivity (Wildman–Crippen MR) is 99.5 cm³/mol. The van der Waals surface area contributed by atoms with Gasteiger partial charge >= 0.3 is 0 Å². The number of anilines is 1. The first-order chi connectivity index (χ1) is 13.0. The number of aryl methyl sites for hydroxylation is 2. The largest absolute Gasteiger partial charge is 0.373 e. The molecule has 0 spiro atoms. The Balaban J connectivity index is 1.89. The Morgan fingerprint density at radius 3 is 2.85 bits per heavy atom. The fourth-order valence-corrected chi connectivity index (χ4v) is 3.19. The zero-order chi connectivity index (χ0) is 19.1. The van der Waals surface area contributed by atoms with Crippen LogP contribution in [0.2, 0.25) is 0 Å². The number of pyridine rings is 1. The van der Waals surface area contributed by atoms with Gasteiger partial charge in [0.1, 0.15) is 28.7 Å². The molecule has 0 fully saturated rings. The first kappa shape index (κ1) is 17.0. The lowest BCUT2D eigenvalue weighted by Gasteiger charge is -2.03. The molecule has 4 rings (SSSR count). The molecule has 3 heterocycles. The van der Waals surface area contributed by atoms with Crippen LogP contribution in [0.5, 0.6) is 0 Å². The van der Waals surface area contributed by atoms with Gasteiger partial charge in [-0.25, -0.2) is 18.7 Å². The fourth-order valence-electron chi connectivity index (χ4n) is 3.19. The smallest absolute Gasteiger partial charge is 0.169 e. The summed E-state index contributed by atoms with van der Waals surface area (Å²) < 4.78 is 31.2. The van der Waals surface area contributed by atoms with Gasteiger partial charge in [0.15, 0.2) is 5.82 Å². The predicted octanol–water partition coefficient (Wildman–Crippen LogP) is 3.36. The van der Waals surface area contributed by atoms with Gasteiger partial charge in [-0.2, -0.15) is 5.10 Å². The van der Waals surface area contributed by atoms with Crippen LogP contribution in [0.4, 0.5) is 14.6 Å². The second-order valence-electron chi connectivity index (χ2n) is 5.97. The molecule has 0 atom stereocenters. The topological polar surface area (TPSA) is 71.4 Å². The van der Waals surface area contributed by atoms with E-state index in [2.05, 4.69) is 37.3 Å². The summed E-state index contributed by atoms with van der Waals surface area (Å²) in [6, 6.07) is 3.00. The molecule has 0 aliphatic rings. The minimum absolute atomic E-state index is 0.118. The van der Waals surface area contributed by atoms with E-state index in [0.29, 0.717) is 40.3 Å². The number of imidazole rings is 1. The van der Waals surface area contributed by atoms with Crippen molar-refractivity contribution < 1.29 is 8.78 Å². The van der Waals surface area contributed by atoms with Crippen LogP contribution in [0.1, 0.15) is 24.0 Å². The number of fused-ring (bicyclic) bond motifs is 2. The zero-order valence-corrected chi connectivity index (χ0v) is 15.0. The SMILES string of the molecule is CCn1c(C)nc2c(F)c(C#Cc3[nH]nc4ccnc(NC)c34)c(F)cc21. The van der Waals surface area contributed by atoms with Crippen molar-refractivity contribution in [3.8, 4) is 11.8 Å². The number of hydrogen-bond acceptors (Lipinski definition) is 4. The Morgan fingerprint density at radius 1 is 1.30 bits per heavy atom. The van der Waals surface area contributed by atoms with Crippen LogP contribution < -0.4 is 5.32 Å². The van der Waals surface area contributed by atoms with E-state index in [-0.39, 0.29) is 11.1 Å². The molecule has 1 aromatic carbocycles. The molecular weight excluding hydrogens is 350 g/mol. The van der Waals surface area contributed by atoms with Gasteiger partial charge in [-0.3, -0.25) is 5.10 Å². The Kier molecular flexibility index (Phi) is 4.00. The molecule has 2 N–H and O–H groups in total. The van der Waals surface area contributed by atoms with Crippen molar-refractivity contribution in [1.82, 2.24) is 24.7 Å². The van der Waals surface area contributed by atoms with Gasteiger partial charge in [-0.1, -0.05) is 5.92 Å². The second-order valence-corrected chi connectivity index (χ2v) is 5.97. The van der Waals surface area contributed by atoms with Crippen molar-refractivity contribution in [3.05, 3.63) is 47.0 Å². The van der Waals surface area contributed by atoms with Gasteiger partial charge in [0.25, 0.3) is 0 Å². The number of rotatable bonds is 2. The zero-order valence-electron chi connectivity index (χ0n) is 15.0. The maximum absolute atomic E-state index is 14.9. The second kappa shape index (κ2) is 6.36. The number of hydrogen-bond donors (Lipinski definition) is 2. The standard InChI is InChI=1S/C19H16F2N6/c1-4-27-10(2)24-18-15(27)9-12(20)11(17(18)21)5-6-13-16-14(26-25-13)7-8-23-19(16)22-3/h7-9H,4H2,1-3H3,(H,22,23)(H,25,26). The van der Waals surface area contributed by atoms with Crippen LogP contribution in [0.15, 0.2) is 18.3 Å². The molecule has 0 bridgehead atoms. The van der Waals surface area contributed by atoms with Gasteiger partial charge in [-0.15, -0.1) is 0 Å². The van der Waals surface area contributed by atoms with E-state index in [4.69, 9.17) is 0 Å². The van der Waals surface area contributed by atoms with Gasteiger partial charge < -0.3 is 9.88 Å². The van der Waals surface area contributed by atoms with E-state index in [9.17, 15) is 8.78 Å². The first-order valence-corrected chi connectivity index (χ1v) is 8.42. The lowest BCUT2D eigenvalue weighted by atomic mass is 10.1. The van der Waals surface area contributed by atoms with Crippen molar-refractivity contribution in [2.24, 2.45) is 0 Å². The Hall–Kier alpha value is -3.47. The van der Waals surface area contributed by atoms with E-state index >= 15 is 0 Å². The summed E-state index contributed by atoms with van der Waals surface area (Å²) in [5.41, 5.74) is 1.31. The Bertz CT molecular complexity index is 1240. The molecule has 0 aliphatic carbocycles. The number of benzene rings is 1. The molecule has 8 heteroatoms. The van der Waals surface area contributed by atoms with E-state index < -0.39 is 11.6 Å². The van der Waals surface area contributed by atoms with Crippen LogP contribution in [0, 0.1) is 30.4 Å². The summed E-state index contributed by atoms with van der Waals surface area (Å²) in [6.07, 6.45) is 1.62. The van der Waals surface area contributed by atoms with Gasteiger partial charge in [0.2, 0.25) is 0 Å². The van der Waals surface area contributed by atoms with E-state index in [1.807, 2.05) is 6.92 Å². The highest BCUT2D eigenvalue weighted by molar-refractivity contribution is 5.93. The maximum atomic E-state index is 14.9. The summed E-state index contributed by atoms with van der Waals surface area (Å²) in [6.45, 7) is 4.23. The Morgan fingerprint density at radius 2 is 2.11 bits per heavy atom. The van der Waals surface area contributed by atoms with Crippen molar-refractivity contribution in [1.29, 1.82) is 0 Å². The molecule has 0 saturated heterocycles. The monoisotopic (exact) mass is 366 g/mol. The third-order valence-corrected chi connectivity index (χ3v) is 4.46. The minimum atomic E-state index is -0.761. The highest BCUT2D eigenvalue weighted by Gasteiger charge is 2.18. The number of aromatic amines is 1. The lowest BCUT2D eigenvalue weighted by Crippen LogP contribution is -1.98. The molecule has 6 nitrogen and oxygen atoms in total. The average molecular weight is 366 g/mol. The molecule has 27 heavy (non-hydrogen) atoms. The third-order valence-electron chi connectivity index (χ3n) is 4.46. The molecule has 0 aliphatic heterocycles. The summed E-state index contributed by atoms with van der Waals surface area (Å²) in [4.78, 5) is 8.43. The summed E-state index contributed by atoms with van der Waals surface area (Å²) in [5, 5.41) is 10.6.